The van der Waals surface area contributed by atoms with Gasteiger partial charge in [-0.2, -0.15) is 0 Å². The third-order valence-electron chi connectivity index (χ3n) is 2.91. The Labute approximate surface area is 107 Å². The van der Waals surface area contributed by atoms with Crippen molar-refractivity contribution in [1.29, 1.82) is 0 Å². The van der Waals surface area contributed by atoms with Crippen LogP contribution in [0.4, 0.5) is 0 Å². The second-order valence-corrected chi connectivity index (χ2v) is 4.19. The summed E-state index contributed by atoms with van der Waals surface area (Å²) in [5.74, 6) is 0.679. The zero-order valence-electron chi connectivity index (χ0n) is 10.6. The third-order valence-corrected chi connectivity index (χ3v) is 2.91. The van der Waals surface area contributed by atoms with Gasteiger partial charge < -0.3 is 14.2 Å². The predicted octanol–water partition coefficient (Wildman–Crippen LogP) is 2.42. The molecule has 1 fully saturated rings. The average Bonchev–Trinajstić information content (AvgIpc) is 2.45. The quantitative estimate of drug-likeness (QED) is 0.753. The standard InChI is InChI=1S/C14H18O4/c1-16-13-6-3-2-5-11(13)12(15)7-8-14-17-9-4-10-18-14/h2-3,5-6,14H,4,7-10H2,1H3. The Hall–Kier alpha value is -1.39. The van der Waals surface area contributed by atoms with Gasteiger partial charge in [0.15, 0.2) is 12.1 Å². The lowest BCUT2D eigenvalue weighted by atomic mass is 10.1. The van der Waals surface area contributed by atoms with Gasteiger partial charge in [0.05, 0.1) is 25.9 Å². The zero-order valence-corrected chi connectivity index (χ0v) is 10.6. The van der Waals surface area contributed by atoms with E-state index in [9.17, 15) is 4.79 Å². The number of hydrogen-bond acceptors (Lipinski definition) is 4. The van der Waals surface area contributed by atoms with Gasteiger partial charge in [0.2, 0.25) is 0 Å². The first-order chi connectivity index (χ1) is 8.81. The molecule has 0 saturated carbocycles. The highest BCUT2D eigenvalue weighted by Crippen LogP contribution is 2.21. The van der Waals surface area contributed by atoms with Crippen LogP contribution in [0.3, 0.4) is 0 Å². The van der Waals surface area contributed by atoms with E-state index in [-0.39, 0.29) is 12.1 Å². The smallest absolute Gasteiger partial charge is 0.166 e. The fraction of sp³-hybridized carbons (Fsp3) is 0.500. The molecule has 4 heteroatoms. The van der Waals surface area contributed by atoms with Gasteiger partial charge in [-0.1, -0.05) is 12.1 Å². The van der Waals surface area contributed by atoms with E-state index in [1.807, 2.05) is 12.1 Å². The molecule has 0 radical (unpaired) electrons. The molecule has 18 heavy (non-hydrogen) atoms. The van der Waals surface area contributed by atoms with Gasteiger partial charge in [-0.15, -0.1) is 0 Å². The topological polar surface area (TPSA) is 44.8 Å². The molecular formula is C14H18O4. The Morgan fingerprint density at radius 2 is 2.06 bits per heavy atom. The third kappa shape index (κ3) is 3.31. The van der Waals surface area contributed by atoms with Crippen LogP contribution in [0, 0.1) is 0 Å². The molecule has 1 aromatic carbocycles. The van der Waals surface area contributed by atoms with Gasteiger partial charge in [-0.05, 0) is 18.6 Å². The van der Waals surface area contributed by atoms with Crippen molar-refractivity contribution in [2.75, 3.05) is 20.3 Å². The first kappa shape index (κ1) is 13.1. The molecule has 4 nitrogen and oxygen atoms in total. The summed E-state index contributed by atoms with van der Waals surface area (Å²) in [5.41, 5.74) is 0.621. The largest absolute Gasteiger partial charge is 0.496 e. The van der Waals surface area contributed by atoms with E-state index in [4.69, 9.17) is 14.2 Å². The number of rotatable bonds is 5. The van der Waals surface area contributed by atoms with Crippen molar-refractivity contribution < 1.29 is 19.0 Å². The number of carbonyl (C=O) groups is 1. The lowest BCUT2D eigenvalue weighted by molar-refractivity contribution is -0.180. The minimum atomic E-state index is -0.239. The summed E-state index contributed by atoms with van der Waals surface area (Å²) < 4.78 is 16.0. The maximum absolute atomic E-state index is 12.1. The van der Waals surface area contributed by atoms with Gasteiger partial charge in [0.25, 0.3) is 0 Å². The number of ketones is 1. The minimum absolute atomic E-state index is 0.0604. The highest BCUT2D eigenvalue weighted by Gasteiger charge is 2.17. The van der Waals surface area contributed by atoms with E-state index < -0.39 is 0 Å². The van der Waals surface area contributed by atoms with Crippen molar-refractivity contribution in [2.45, 2.75) is 25.6 Å². The summed E-state index contributed by atoms with van der Waals surface area (Å²) in [6.07, 6.45) is 1.69. The van der Waals surface area contributed by atoms with Crippen LogP contribution in [-0.2, 0) is 9.47 Å². The van der Waals surface area contributed by atoms with Gasteiger partial charge in [0.1, 0.15) is 5.75 Å². The monoisotopic (exact) mass is 250 g/mol. The van der Waals surface area contributed by atoms with Gasteiger partial charge in [0, 0.05) is 12.8 Å². The van der Waals surface area contributed by atoms with E-state index in [0.29, 0.717) is 37.4 Å². The minimum Gasteiger partial charge on any atom is -0.496 e. The molecule has 0 amide bonds. The molecule has 98 valence electrons. The molecule has 1 heterocycles. The van der Waals surface area contributed by atoms with Crippen LogP contribution in [0.25, 0.3) is 0 Å². The fourth-order valence-electron chi connectivity index (χ4n) is 1.96. The summed E-state index contributed by atoms with van der Waals surface area (Å²) in [7, 11) is 1.57. The summed E-state index contributed by atoms with van der Waals surface area (Å²) in [5, 5.41) is 0. The molecular weight excluding hydrogens is 232 g/mol. The van der Waals surface area contributed by atoms with E-state index in [1.54, 1.807) is 19.2 Å². The number of Topliss-reactive ketones (excluding diaryl/α,β-unsaturated/α-hetero) is 1. The molecule has 1 aliphatic heterocycles. The first-order valence-electron chi connectivity index (χ1n) is 6.20. The number of ether oxygens (including phenoxy) is 3. The zero-order chi connectivity index (χ0) is 12.8. The molecule has 0 aliphatic carbocycles. The molecule has 0 N–H and O–H groups in total. The number of hydrogen-bond donors (Lipinski definition) is 0. The summed E-state index contributed by atoms with van der Waals surface area (Å²) in [4.78, 5) is 12.1. The van der Waals surface area contributed by atoms with Crippen LogP contribution in [0.1, 0.15) is 29.6 Å². The molecule has 0 unspecified atom stereocenters. The molecule has 1 aliphatic rings. The molecule has 1 aromatic rings. The number of methoxy groups -OCH3 is 1. The summed E-state index contributed by atoms with van der Waals surface area (Å²) in [6, 6.07) is 7.26. The second kappa shape index (κ2) is 6.52. The highest BCUT2D eigenvalue weighted by molar-refractivity contribution is 5.98. The maximum atomic E-state index is 12.1. The predicted molar refractivity (Wildman–Crippen MR) is 66.9 cm³/mol. The number of para-hydroxylation sites is 1. The van der Waals surface area contributed by atoms with E-state index in [1.165, 1.54) is 0 Å². The Bertz CT molecular complexity index is 397. The lowest BCUT2D eigenvalue weighted by Crippen LogP contribution is -2.25. The molecule has 0 aromatic heterocycles. The van der Waals surface area contributed by atoms with E-state index >= 15 is 0 Å². The Balaban J connectivity index is 1.90. The highest BCUT2D eigenvalue weighted by atomic mass is 16.7. The van der Waals surface area contributed by atoms with Crippen LogP contribution in [0.5, 0.6) is 5.75 Å². The number of benzene rings is 1. The fourth-order valence-corrected chi connectivity index (χ4v) is 1.96. The Morgan fingerprint density at radius 1 is 1.33 bits per heavy atom. The van der Waals surface area contributed by atoms with Crippen molar-refractivity contribution in [3.8, 4) is 5.75 Å². The van der Waals surface area contributed by atoms with Crippen LogP contribution in [-0.4, -0.2) is 32.4 Å². The summed E-state index contributed by atoms with van der Waals surface area (Å²) in [6.45, 7) is 1.43. The molecule has 0 atom stereocenters. The Morgan fingerprint density at radius 3 is 2.78 bits per heavy atom. The van der Waals surface area contributed by atoms with Crippen molar-refractivity contribution in [1.82, 2.24) is 0 Å². The number of carbonyl (C=O) groups excluding carboxylic acids is 1. The molecule has 2 rings (SSSR count). The lowest BCUT2D eigenvalue weighted by Gasteiger charge is -2.22. The molecule has 0 bridgehead atoms. The van der Waals surface area contributed by atoms with Crippen LogP contribution < -0.4 is 4.74 Å². The SMILES string of the molecule is COc1ccccc1C(=O)CCC1OCCCO1. The van der Waals surface area contributed by atoms with Crippen molar-refractivity contribution in [2.24, 2.45) is 0 Å². The van der Waals surface area contributed by atoms with Crippen molar-refractivity contribution in [3.05, 3.63) is 29.8 Å². The maximum Gasteiger partial charge on any atom is 0.166 e. The van der Waals surface area contributed by atoms with Gasteiger partial charge in [-0.25, -0.2) is 0 Å². The van der Waals surface area contributed by atoms with E-state index in [0.717, 1.165) is 6.42 Å². The van der Waals surface area contributed by atoms with Crippen LogP contribution >= 0.6 is 0 Å². The van der Waals surface area contributed by atoms with Crippen LogP contribution in [0.2, 0.25) is 0 Å². The first-order valence-corrected chi connectivity index (χ1v) is 6.20. The van der Waals surface area contributed by atoms with Crippen molar-refractivity contribution >= 4 is 5.78 Å². The summed E-state index contributed by atoms with van der Waals surface area (Å²) >= 11 is 0. The normalized spacial score (nSPS) is 16.5. The van der Waals surface area contributed by atoms with Crippen molar-refractivity contribution in [3.63, 3.8) is 0 Å². The van der Waals surface area contributed by atoms with E-state index in [2.05, 4.69) is 0 Å². The van der Waals surface area contributed by atoms with Crippen LogP contribution in [0.15, 0.2) is 24.3 Å². The average molecular weight is 250 g/mol. The Kier molecular flexibility index (Phi) is 4.73. The molecule has 0 spiro atoms. The van der Waals surface area contributed by atoms with Gasteiger partial charge in [-0.3, -0.25) is 4.79 Å². The molecule has 1 saturated heterocycles. The van der Waals surface area contributed by atoms with Gasteiger partial charge >= 0.3 is 0 Å². The second-order valence-electron chi connectivity index (χ2n) is 4.19.